The van der Waals surface area contributed by atoms with Crippen LogP contribution in [0.2, 0.25) is 0 Å². The van der Waals surface area contributed by atoms with E-state index in [0.717, 1.165) is 41.9 Å². The molecular formula is C22H19N3O3. The van der Waals surface area contributed by atoms with Crippen molar-refractivity contribution >= 4 is 29.1 Å². The van der Waals surface area contributed by atoms with Gasteiger partial charge in [-0.05, 0) is 31.0 Å². The van der Waals surface area contributed by atoms with Gasteiger partial charge in [0.15, 0.2) is 0 Å². The summed E-state index contributed by atoms with van der Waals surface area (Å²) < 4.78 is 0. The minimum atomic E-state index is -1.20. The number of hydrogen-bond acceptors (Lipinski definition) is 4. The Labute approximate surface area is 162 Å². The average Bonchev–Trinajstić information content (AvgIpc) is 3.29. The van der Waals surface area contributed by atoms with Gasteiger partial charge >= 0.3 is 0 Å². The molecule has 2 aliphatic heterocycles. The summed E-state index contributed by atoms with van der Waals surface area (Å²) >= 11 is 0. The monoisotopic (exact) mass is 373 g/mol. The van der Waals surface area contributed by atoms with E-state index >= 15 is 0 Å². The number of para-hydroxylation sites is 1. The molecule has 28 heavy (non-hydrogen) atoms. The Balaban J connectivity index is 1.62. The highest BCUT2D eigenvalue weighted by molar-refractivity contribution is 6.24. The molecule has 0 aromatic heterocycles. The molecule has 5 rings (SSSR count). The third-order valence-electron chi connectivity index (χ3n) is 5.77. The van der Waals surface area contributed by atoms with Crippen LogP contribution in [0, 0.1) is 5.92 Å². The number of nitrogens with one attached hydrogen (secondary N) is 1. The summed E-state index contributed by atoms with van der Waals surface area (Å²) in [4.78, 5) is 44.6. The van der Waals surface area contributed by atoms with E-state index in [0.29, 0.717) is 16.8 Å². The molecule has 1 atom stereocenters. The van der Waals surface area contributed by atoms with Crippen molar-refractivity contribution in [3.63, 3.8) is 0 Å². The van der Waals surface area contributed by atoms with Crippen LogP contribution in [0.3, 0.4) is 0 Å². The maximum Gasteiger partial charge on any atom is 0.270 e. The van der Waals surface area contributed by atoms with Gasteiger partial charge in [-0.15, -0.1) is 0 Å². The Morgan fingerprint density at radius 3 is 2.04 bits per heavy atom. The Morgan fingerprint density at radius 1 is 0.821 bits per heavy atom. The Hall–Kier alpha value is -3.28. The van der Waals surface area contributed by atoms with Crippen molar-refractivity contribution in [2.75, 3.05) is 5.32 Å². The van der Waals surface area contributed by atoms with E-state index in [1.165, 1.54) is 0 Å². The van der Waals surface area contributed by atoms with Crippen LogP contribution < -0.4 is 5.32 Å². The summed E-state index contributed by atoms with van der Waals surface area (Å²) in [6, 6.07) is 14.2. The molecule has 2 heterocycles. The van der Waals surface area contributed by atoms with Gasteiger partial charge in [0.25, 0.3) is 17.7 Å². The van der Waals surface area contributed by atoms with Gasteiger partial charge in [-0.3, -0.25) is 19.4 Å². The maximum atomic E-state index is 13.0. The number of nitrogens with zero attached hydrogens (tertiary/aromatic N) is 2. The number of fused-ring (bicyclic) bond motifs is 2. The van der Waals surface area contributed by atoms with Gasteiger partial charge in [0.05, 0.1) is 16.8 Å². The maximum absolute atomic E-state index is 13.0. The summed E-state index contributed by atoms with van der Waals surface area (Å²) in [5.74, 6) is -1.18. The van der Waals surface area contributed by atoms with Gasteiger partial charge in [0, 0.05) is 17.2 Å². The molecule has 1 fully saturated rings. The zero-order valence-electron chi connectivity index (χ0n) is 15.2. The predicted molar refractivity (Wildman–Crippen MR) is 104 cm³/mol. The summed E-state index contributed by atoms with van der Waals surface area (Å²) in [5.41, 5.74) is 3.01. The molecule has 3 amide bonds. The van der Waals surface area contributed by atoms with Crippen LogP contribution >= 0.6 is 0 Å². The quantitative estimate of drug-likeness (QED) is 0.821. The Morgan fingerprint density at radius 2 is 1.39 bits per heavy atom. The number of anilines is 1. The number of benzene rings is 2. The lowest BCUT2D eigenvalue weighted by atomic mass is 9.94. The van der Waals surface area contributed by atoms with E-state index < -0.39 is 23.9 Å². The first-order valence-electron chi connectivity index (χ1n) is 9.60. The molecule has 0 bridgehead atoms. The number of hydrogen-bond donors (Lipinski definition) is 1. The molecule has 0 saturated heterocycles. The van der Waals surface area contributed by atoms with Crippen molar-refractivity contribution in [3.05, 3.63) is 65.2 Å². The number of imide groups is 1. The second-order valence-corrected chi connectivity index (χ2v) is 7.43. The summed E-state index contributed by atoms with van der Waals surface area (Å²) in [6.07, 6.45) is 3.03. The van der Waals surface area contributed by atoms with E-state index in [9.17, 15) is 14.4 Å². The van der Waals surface area contributed by atoms with Gasteiger partial charge in [-0.2, -0.15) is 0 Å². The molecule has 0 radical (unpaired) electrons. The molecular weight excluding hydrogens is 354 g/mol. The lowest BCUT2D eigenvalue weighted by Gasteiger charge is -2.22. The van der Waals surface area contributed by atoms with E-state index in [1.807, 2.05) is 24.3 Å². The Bertz CT molecular complexity index is 1000. The van der Waals surface area contributed by atoms with Crippen LogP contribution in [0.25, 0.3) is 0 Å². The fraction of sp³-hybridized carbons (Fsp3) is 0.273. The lowest BCUT2D eigenvalue weighted by molar-refractivity contribution is -0.119. The largest absolute Gasteiger partial charge is 0.322 e. The first kappa shape index (κ1) is 16.9. The highest BCUT2D eigenvalue weighted by atomic mass is 16.2. The molecule has 1 saturated carbocycles. The van der Waals surface area contributed by atoms with Gasteiger partial charge in [0.1, 0.15) is 0 Å². The third-order valence-corrected chi connectivity index (χ3v) is 5.77. The molecule has 6 nitrogen and oxygen atoms in total. The molecule has 0 spiro atoms. The van der Waals surface area contributed by atoms with E-state index in [2.05, 4.69) is 5.32 Å². The number of aliphatic imine (C=N–C) groups is 1. The second-order valence-electron chi connectivity index (χ2n) is 7.43. The second kappa shape index (κ2) is 6.41. The van der Waals surface area contributed by atoms with Gasteiger partial charge in [-0.1, -0.05) is 43.2 Å². The summed E-state index contributed by atoms with van der Waals surface area (Å²) in [5, 5.41) is 2.87. The standard InChI is InChI=1S/C22H19N3O3/c26-20-19(25-21(27)14-9-3-4-10-15(14)22(25)28)24-18(13-7-1-2-8-13)16-11-5-6-12-17(16)23-20/h3-6,9-13,19H,1-2,7-8H2,(H,23,26)/t19-/m0/s1. The van der Waals surface area contributed by atoms with Crippen molar-refractivity contribution in [2.45, 2.75) is 31.8 Å². The molecule has 0 unspecified atom stereocenters. The predicted octanol–water partition coefficient (Wildman–Crippen LogP) is 3.24. The Kier molecular flexibility index (Phi) is 3.86. The summed E-state index contributed by atoms with van der Waals surface area (Å²) in [7, 11) is 0. The zero-order valence-corrected chi connectivity index (χ0v) is 15.2. The highest BCUT2D eigenvalue weighted by Gasteiger charge is 2.44. The topological polar surface area (TPSA) is 78.8 Å². The normalized spacial score (nSPS) is 21.9. The van der Waals surface area contributed by atoms with E-state index in [4.69, 9.17) is 4.99 Å². The molecule has 1 aliphatic carbocycles. The SMILES string of the molecule is O=C1Nc2ccccc2C(C2CCCC2)=N[C@H]1N1C(=O)c2ccccc2C1=O. The molecule has 1 N–H and O–H groups in total. The molecule has 140 valence electrons. The highest BCUT2D eigenvalue weighted by Crippen LogP contribution is 2.34. The van der Waals surface area contributed by atoms with Crippen molar-refractivity contribution in [1.29, 1.82) is 0 Å². The number of carbonyl (C=O) groups excluding carboxylic acids is 3. The smallest absolute Gasteiger partial charge is 0.270 e. The fourth-order valence-corrected chi connectivity index (χ4v) is 4.40. The number of carbonyl (C=O) groups is 3. The van der Waals surface area contributed by atoms with Crippen LogP contribution in [0.4, 0.5) is 5.69 Å². The van der Waals surface area contributed by atoms with Crippen LogP contribution in [-0.2, 0) is 4.79 Å². The third kappa shape index (κ3) is 2.48. The minimum Gasteiger partial charge on any atom is -0.322 e. The first-order chi connectivity index (χ1) is 13.6. The molecule has 6 heteroatoms. The fourth-order valence-electron chi connectivity index (χ4n) is 4.40. The van der Waals surface area contributed by atoms with E-state index in [-0.39, 0.29) is 5.92 Å². The zero-order chi connectivity index (χ0) is 19.3. The lowest BCUT2D eigenvalue weighted by Crippen LogP contribution is -2.46. The van der Waals surface area contributed by atoms with Crippen LogP contribution in [-0.4, -0.2) is 34.5 Å². The summed E-state index contributed by atoms with van der Waals surface area (Å²) in [6.45, 7) is 0. The van der Waals surface area contributed by atoms with Gasteiger partial charge < -0.3 is 5.32 Å². The van der Waals surface area contributed by atoms with Crippen LogP contribution in [0.5, 0.6) is 0 Å². The number of amides is 3. The van der Waals surface area contributed by atoms with Crippen LogP contribution in [0.15, 0.2) is 53.5 Å². The van der Waals surface area contributed by atoms with Crippen LogP contribution in [0.1, 0.15) is 52.0 Å². The number of rotatable bonds is 2. The van der Waals surface area contributed by atoms with Gasteiger partial charge in [0.2, 0.25) is 6.17 Å². The number of benzodiazepines with no additional fused rings is 1. The first-order valence-corrected chi connectivity index (χ1v) is 9.60. The van der Waals surface area contributed by atoms with Crippen molar-refractivity contribution in [3.8, 4) is 0 Å². The average molecular weight is 373 g/mol. The van der Waals surface area contributed by atoms with Gasteiger partial charge in [-0.25, -0.2) is 4.90 Å². The minimum absolute atomic E-state index is 0.228. The molecule has 3 aliphatic rings. The van der Waals surface area contributed by atoms with E-state index in [1.54, 1.807) is 24.3 Å². The molecule has 2 aromatic rings. The van der Waals surface area contributed by atoms with Crippen molar-refractivity contribution < 1.29 is 14.4 Å². The van der Waals surface area contributed by atoms with Crippen molar-refractivity contribution in [2.24, 2.45) is 10.9 Å². The van der Waals surface area contributed by atoms with Crippen molar-refractivity contribution in [1.82, 2.24) is 4.90 Å². The molecule has 2 aromatic carbocycles.